The topological polar surface area (TPSA) is 29.5 Å². The Hall–Kier alpha value is -1.09. The fraction of sp³-hybridized carbons (Fsp3) is 0.571. The molecule has 0 heterocycles. The summed E-state index contributed by atoms with van der Waals surface area (Å²) in [5, 5.41) is 9.83. The van der Waals surface area contributed by atoms with Gasteiger partial charge < -0.3 is 9.84 Å². The van der Waals surface area contributed by atoms with Crippen LogP contribution >= 0.6 is 0 Å². The van der Waals surface area contributed by atoms with E-state index in [9.17, 15) is 9.50 Å². The van der Waals surface area contributed by atoms with Crippen LogP contribution in [0.2, 0.25) is 0 Å². The molecule has 0 amide bonds. The average molecular weight is 238 g/mol. The summed E-state index contributed by atoms with van der Waals surface area (Å²) in [5.74, 6) is 0.884. The Kier molecular flexibility index (Phi) is 3.38. The van der Waals surface area contributed by atoms with Crippen LogP contribution in [0.5, 0.6) is 5.75 Å². The van der Waals surface area contributed by atoms with Crippen LogP contribution in [0.25, 0.3) is 0 Å². The molecule has 0 spiro atoms. The second-order valence-electron chi connectivity index (χ2n) is 5.31. The standard InChI is InChI=1S/C14H19FO2/c1-14(2,16)12-8-11(6-7-13(12)15)17-9-10-4-3-5-10/h6-8,10,16H,3-5,9H2,1-2H3. The van der Waals surface area contributed by atoms with Gasteiger partial charge in [-0.15, -0.1) is 0 Å². The lowest BCUT2D eigenvalue weighted by atomic mass is 9.86. The molecule has 1 aliphatic carbocycles. The van der Waals surface area contributed by atoms with E-state index in [0.717, 1.165) is 0 Å². The number of hydrogen-bond acceptors (Lipinski definition) is 2. The predicted octanol–water partition coefficient (Wildman–Crippen LogP) is 3.23. The predicted molar refractivity (Wildman–Crippen MR) is 64.5 cm³/mol. The van der Waals surface area contributed by atoms with E-state index in [0.29, 0.717) is 18.3 Å². The summed E-state index contributed by atoms with van der Waals surface area (Å²) in [6.07, 6.45) is 3.73. The van der Waals surface area contributed by atoms with E-state index in [1.54, 1.807) is 26.0 Å². The smallest absolute Gasteiger partial charge is 0.129 e. The first kappa shape index (κ1) is 12.4. The molecule has 1 aromatic carbocycles. The van der Waals surface area contributed by atoms with Gasteiger partial charge in [0, 0.05) is 5.56 Å². The Balaban J connectivity index is 2.07. The number of aliphatic hydroxyl groups is 1. The summed E-state index contributed by atoms with van der Waals surface area (Å²) >= 11 is 0. The second-order valence-corrected chi connectivity index (χ2v) is 5.31. The molecule has 3 heteroatoms. The van der Waals surface area contributed by atoms with Crippen molar-refractivity contribution >= 4 is 0 Å². The van der Waals surface area contributed by atoms with Gasteiger partial charge in [0.1, 0.15) is 11.6 Å². The Morgan fingerprint density at radius 1 is 1.41 bits per heavy atom. The van der Waals surface area contributed by atoms with Gasteiger partial charge in [0.15, 0.2) is 0 Å². The van der Waals surface area contributed by atoms with Gasteiger partial charge >= 0.3 is 0 Å². The number of benzene rings is 1. The maximum Gasteiger partial charge on any atom is 0.129 e. The zero-order valence-corrected chi connectivity index (χ0v) is 10.4. The molecular formula is C14H19FO2. The van der Waals surface area contributed by atoms with Crippen molar-refractivity contribution in [3.8, 4) is 5.75 Å². The molecule has 0 saturated heterocycles. The lowest BCUT2D eigenvalue weighted by molar-refractivity contribution is 0.0739. The van der Waals surface area contributed by atoms with Crippen LogP contribution < -0.4 is 4.74 Å². The third-order valence-electron chi connectivity index (χ3n) is 3.31. The SMILES string of the molecule is CC(C)(O)c1cc(OCC2CCC2)ccc1F. The minimum atomic E-state index is -1.18. The van der Waals surface area contributed by atoms with Gasteiger partial charge in [-0.3, -0.25) is 0 Å². The quantitative estimate of drug-likeness (QED) is 0.872. The van der Waals surface area contributed by atoms with Crippen LogP contribution in [0.15, 0.2) is 18.2 Å². The van der Waals surface area contributed by atoms with Crippen LogP contribution in [-0.4, -0.2) is 11.7 Å². The molecule has 0 aliphatic heterocycles. The Bertz CT molecular complexity index is 392. The van der Waals surface area contributed by atoms with Crippen LogP contribution in [0.1, 0.15) is 38.7 Å². The average Bonchev–Trinajstić information content (AvgIpc) is 2.16. The van der Waals surface area contributed by atoms with Gasteiger partial charge in [0.2, 0.25) is 0 Å². The first-order chi connectivity index (χ1) is 7.97. The summed E-state index contributed by atoms with van der Waals surface area (Å²) in [6, 6.07) is 4.56. The maximum atomic E-state index is 13.5. The zero-order valence-electron chi connectivity index (χ0n) is 10.4. The minimum Gasteiger partial charge on any atom is -0.493 e. The molecule has 0 unspecified atom stereocenters. The zero-order chi connectivity index (χ0) is 12.5. The number of ether oxygens (including phenoxy) is 1. The highest BCUT2D eigenvalue weighted by atomic mass is 19.1. The molecule has 17 heavy (non-hydrogen) atoms. The Morgan fingerprint density at radius 2 is 2.12 bits per heavy atom. The Labute approximate surface area is 101 Å². The van der Waals surface area contributed by atoms with Gasteiger partial charge in [-0.1, -0.05) is 6.42 Å². The van der Waals surface area contributed by atoms with Crippen molar-refractivity contribution in [1.29, 1.82) is 0 Å². The number of rotatable bonds is 4. The van der Waals surface area contributed by atoms with Gasteiger partial charge in [0.25, 0.3) is 0 Å². The molecule has 2 nitrogen and oxygen atoms in total. The summed E-state index contributed by atoms with van der Waals surface area (Å²) in [7, 11) is 0. The van der Waals surface area contributed by atoms with Crippen molar-refractivity contribution < 1.29 is 14.2 Å². The van der Waals surface area contributed by atoms with E-state index in [2.05, 4.69) is 0 Å². The van der Waals surface area contributed by atoms with E-state index >= 15 is 0 Å². The van der Waals surface area contributed by atoms with Crippen molar-refractivity contribution in [2.24, 2.45) is 5.92 Å². The fourth-order valence-electron chi connectivity index (χ4n) is 1.94. The largest absolute Gasteiger partial charge is 0.493 e. The third-order valence-corrected chi connectivity index (χ3v) is 3.31. The van der Waals surface area contributed by atoms with Crippen LogP contribution in [0.3, 0.4) is 0 Å². The molecular weight excluding hydrogens is 219 g/mol. The van der Waals surface area contributed by atoms with Crippen molar-refractivity contribution in [2.75, 3.05) is 6.61 Å². The monoisotopic (exact) mass is 238 g/mol. The summed E-state index contributed by atoms with van der Waals surface area (Å²) in [6.45, 7) is 3.83. The van der Waals surface area contributed by atoms with E-state index in [1.165, 1.54) is 25.3 Å². The first-order valence-electron chi connectivity index (χ1n) is 6.12. The van der Waals surface area contributed by atoms with E-state index in [1.807, 2.05) is 0 Å². The second kappa shape index (κ2) is 4.65. The van der Waals surface area contributed by atoms with Crippen LogP contribution in [0.4, 0.5) is 4.39 Å². The van der Waals surface area contributed by atoms with E-state index < -0.39 is 11.4 Å². The molecule has 1 saturated carbocycles. The highest BCUT2D eigenvalue weighted by molar-refractivity contribution is 5.33. The normalized spacial score (nSPS) is 16.7. The summed E-state index contributed by atoms with van der Waals surface area (Å²) in [4.78, 5) is 0. The van der Waals surface area contributed by atoms with Gasteiger partial charge in [-0.05, 0) is 50.8 Å². The fourth-order valence-corrected chi connectivity index (χ4v) is 1.94. The van der Waals surface area contributed by atoms with E-state index in [4.69, 9.17) is 4.74 Å². The minimum absolute atomic E-state index is 0.281. The lowest BCUT2D eigenvalue weighted by Crippen LogP contribution is -2.20. The molecule has 0 bridgehead atoms. The molecule has 0 radical (unpaired) electrons. The highest BCUT2D eigenvalue weighted by Crippen LogP contribution is 2.29. The van der Waals surface area contributed by atoms with Crippen LogP contribution in [0, 0.1) is 11.7 Å². The molecule has 0 aromatic heterocycles. The molecule has 1 aliphatic rings. The molecule has 1 fully saturated rings. The van der Waals surface area contributed by atoms with E-state index in [-0.39, 0.29) is 5.56 Å². The third kappa shape index (κ3) is 2.97. The molecule has 1 aromatic rings. The maximum absolute atomic E-state index is 13.5. The highest BCUT2D eigenvalue weighted by Gasteiger charge is 2.22. The molecule has 94 valence electrons. The number of halogens is 1. The Morgan fingerprint density at radius 3 is 2.65 bits per heavy atom. The van der Waals surface area contributed by atoms with Crippen LogP contribution in [-0.2, 0) is 5.60 Å². The lowest BCUT2D eigenvalue weighted by Gasteiger charge is -2.25. The summed E-state index contributed by atoms with van der Waals surface area (Å²) < 4.78 is 19.1. The number of hydrogen-bond donors (Lipinski definition) is 1. The first-order valence-corrected chi connectivity index (χ1v) is 6.12. The van der Waals surface area contributed by atoms with Crippen molar-refractivity contribution in [2.45, 2.75) is 38.7 Å². The van der Waals surface area contributed by atoms with Gasteiger partial charge in [-0.25, -0.2) is 4.39 Å². The summed E-state index contributed by atoms with van der Waals surface area (Å²) in [5.41, 5.74) is -0.900. The van der Waals surface area contributed by atoms with Crippen molar-refractivity contribution in [3.63, 3.8) is 0 Å². The molecule has 0 atom stereocenters. The van der Waals surface area contributed by atoms with Crippen molar-refractivity contribution in [1.82, 2.24) is 0 Å². The molecule has 2 rings (SSSR count). The van der Waals surface area contributed by atoms with Crippen molar-refractivity contribution in [3.05, 3.63) is 29.6 Å². The van der Waals surface area contributed by atoms with Gasteiger partial charge in [-0.2, -0.15) is 0 Å². The molecule has 1 N–H and O–H groups in total. The van der Waals surface area contributed by atoms with Gasteiger partial charge in [0.05, 0.1) is 12.2 Å².